The minimum atomic E-state index is 0.539. The standard InChI is InChI=1S/C12H15N3S/c1-16-9-11-5-3-7-15(11)12-10(8-13)4-2-6-14-12/h2,4,6,11H,3,5,7,9H2,1H3. The van der Waals surface area contributed by atoms with E-state index in [1.165, 1.54) is 12.8 Å². The van der Waals surface area contributed by atoms with Crippen LogP contribution >= 0.6 is 11.8 Å². The van der Waals surface area contributed by atoms with Crippen molar-refractivity contribution in [2.24, 2.45) is 0 Å². The zero-order valence-electron chi connectivity index (χ0n) is 9.39. The van der Waals surface area contributed by atoms with Crippen LogP contribution in [0.1, 0.15) is 18.4 Å². The van der Waals surface area contributed by atoms with E-state index in [4.69, 9.17) is 5.26 Å². The van der Waals surface area contributed by atoms with Crippen LogP contribution < -0.4 is 4.90 Å². The van der Waals surface area contributed by atoms with Crippen molar-refractivity contribution in [1.29, 1.82) is 5.26 Å². The SMILES string of the molecule is CSCC1CCCN1c1ncccc1C#N. The number of nitriles is 1. The molecule has 0 saturated carbocycles. The lowest BCUT2D eigenvalue weighted by Gasteiger charge is -2.25. The molecule has 1 unspecified atom stereocenters. The number of aromatic nitrogens is 1. The molecule has 1 atom stereocenters. The summed E-state index contributed by atoms with van der Waals surface area (Å²) in [6.07, 6.45) is 6.31. The van der Waals surface area contributed by atoms with Gasteiger partial charge in [0.2, 0.25) is 0 Å². The van der Waals surface area contributed by atoms with E-state index in [1.807, 2.05) is 23.9 Å². The van der Waals surface area contributed by atoms with Crippen LogP contribution in [-0.2, 0) is 0 Å². The molecule has 16 heavy (non-hydrogen) atoms. The number of anilines is 1. The number of rotatable bonds is 3. The first-order chi connectivity index (χ1) is 7.86. The van der Waals surface area contributed by atoms with Gasteiger partial charge in [-0.3, -0.25) is 0 Å². The van der Waals surface area contributed by atoms with Crippen LogP contribution in [0.25, 0.3) is 0 Å². The molecule has 84 valence electrons. The first-order valence-corrected chi connectivity index (χ1v) is 6.87. The molecule has 1 aromatic rings. The van der Waals surface area contributed by atoms with Crippen molar-refractivity contribution in [3.05, 3.63) is 23.9 Å². The maximum atomic E-state index is 9.07. The van der Waals surface area contributed by atoms with Gasteiger partial charge < -0.3 is 4.90 Å². The molecule has 2 heterocycles. The Bertz CT molecular complexity index is 399. The number of thioether (sulfide) groups is 1. The average molecular weight is 233 g/mol. The third-order valence-corrected chi connectivity index (χ3v) is 3.63. The Morgan fingerprint density at radius 2 is 2.56 bits per heavy atom. The Morgan fingerprint density at radius 1 is 1.69 bits per heavy atom. The Balaban J connectivity index is 2.26. The molecule has 1 aliphatic heterocycles. The van der Waals surface area contributed by atoms with Crippen molar-refractivity contribution in [3.8, 4) is 6.07 Å². The van der Waals surface area contributed by atoms with E-state index < -0.39 is 0 Å². The first kappa shape index (κ1) is 11.3. The highest BCUT2D eigenvalue weighted by atomic mass is 32.2. The minimum Gasteiger partial charge on any atom is -0.352 e. The van der Waals surface area contributed by atoms with Crippen LogP contribution in [0.2, 0.25) is 0 Å². The monoisotopic (exact) mass is 233 g/mol. The second-order valence-electron chi connectivity index (χ2n) is 3.93. The fourth-order valence-electron chi connectivity index (χ4n) is 2.19. The van der Waals surface area contributed by atoms with E-state index in [1.54, 1.807) is 6.20 Å². The zero-order chi connectivity index (χ0) is 11.4. The van der Waals surface area contributed by atoms with Gasteiger partial charge in [-0.05, 0) is 31.2 Å². The average Bonchev–Trinajstić information content (AvgIpc) is 2.77. The summed E-state index contributed by atoms with van der Waals surface area (Å²) in [5.74, 6) is 1.98. The lowest BCUT2D eigenvalue weighted by molar-refractivity contribution is 0.737. The third-order valence-electron chi connectivity index (χ3n) is 2.92. The van der Waals surface area contributed by atoms with Crippen LogP contribution in [0, 0.1) is 11.3 Å². The number of hydrogen-bond acceptors (Lipinski definition) is 4. The molecular weight excluding hydrogens is 218 g/mol. The van der Waals surface area contributed by atoms with Crippen molar-refractivity contribution in [1.82, 2.24) is 4.98 Å². The van der Waals surface area contributed by atoms with Crippen molar-refractivity contribution < 1.29 is 0 Å². The predicted molar refractivity (Wildman–Crippen MR) is 67.7 cm³/mol. The van der Waals surface area contributed by atoms with Crippen LogP contribution in [-0.4, -0.2) is 29.6 Å². The summed E-state index contributed by atoms with van der Waals surface area (Å²) in [6, 6.07) is 6.43. The largest absolute Gasteiger partial charge is 0.352 e. The summed E-state index contributed by atoms with van der Waals surface area (Å²) in [4.78, 5) is 6.64. The molecule has 1 saturated heterocycles. The molecule has 1 fully saturated rings. The summed E-state index contributed by atoms with van der Waals surface area (Å²) >= 11 is 1.86. The highest BCUT2D eigenvalue weighted by Gasteiger charge is 2.26. The number of nitrogens with zero attached hydrogens (tertiary/aromatic N) is 3. The lowest BCUT2D eigenvalue weighted by atomic mass is 10.2. The Labute approximate surface area is 100 Å². The molecule has 0 aliphatic carbocycles. The second kappa shape index (κ2) is 5.22. The Kier molecular flexibility index (Phi) is 3.68. The van der Waals surface area contributed by atoms with Crippen molar-refractivity contribution in [2.45, 2.75) is 18.9 Å². The van der Waals surface area contributed by atoms with Crippen LogP contribution in [0.3, 0.4) is 0 Å². The second-order valence-corrected chi connectivity index (χ2v) is 4.84. The summed E-state index contributed by atoms with van der Waals surface area (Å²) in [7, 11) is 0. The van der Waals surface area contributed by atoms with Crippen LogP contribution in [0.4, 0.5) is 5.82 Å². The third kappa shape index (κ3) is 2.14. The molecule has 0 amide bonds. The van der Waals surface area contributed by atoms with Gasteiger partial charge in [0.15, 0.2) is 0 Å². The highest BCUT2D eigenvalue weighted by Crippen LogP contribution is 2.27. The fraction of sp³-hybridized carbons (Fsp3) is 0.500. The molecule has 1 aliphatic rings. The Hall–Kier alpha value is -1.21. The van der Waals surface area contributed by atoms with Crippen molar-refractivity contribution in [3.63, 3.8) is 0 Å². The number of pyridine rings is 1. The molecule has 0 spiro atoms. The van der Waals surface area contributed by atoms with E-state index in [-0.39, 0.29) is 0 Å². The smallest absolute Gasteiger partial charge is 0.146 e. The Morgan fingerprint density at radius 3 is 3.31 bits per heavy atom. The van der Waals surface area contributed by atoms with Gasteiger partial charge in [0.25, 0.3) is 0 Å². The molecule has 0 N–H and O–H groups in total. The molecule has 0 radical (unpaired) electrons. The topological polar surface area (TPSA) is 39.9 Å². The molecule has 0 aromatic carbocycles. The molecular formula is C12H15N3S. The first-order valence-electron chi connectivity index (χ1n) is 5.47. The quantitative estimate of drug-likeness (QED) is 0.803. The maximum absolute atomic E-state index is 9.07. The maximum Gasteiger partial charge on any atom is 0.146 e. The van der Waals surface area contributed by atoms with Gasteiger partial charge in [-0.25, -0.2) is 4.98 Å². The van der Waals surface area contributed by atoms with E-state index in [0.717, 1.165) is 18.1 Å². The summed E-state index contributed by atoms with van der Waals surface area (Å²) in [6.45, 7) is 1.02. The lowest BCUT2D eigenvalue weighted by Crippen LogP contribution is -2.32. The van der Waals surface area contributed by atoms with Gasteiger partial charge in [-0.1, -0.05) is 0 Å². The van der Waals surface area contributed by atoms with Gasteiger partial charge in [-0.15, -0.1) is 0 Å². The highest BCUT2D eigenvalue weighted by molar-refractivity contribution is 7.98. The summed E-state index contributed by atoms with van der Waals surface area (Å²) in [5, 5.41) is 9.07. The number of hydrogen-bond donors (Lipinski definition) is 0. The van der Waals surface area contributed by atoms with Gasteiger partial charge in [0, 0.05) is 24.5 Å². The van der Waals surface area contributed by atoms with E-state index in [0.29, 0.717) is 11.6 Å². The molecule has 4 heteroatoms. The molecule has 3 nitrogen and oxygen atoms in total. The van der Waals surface area contributed by atoms with Gasteiger partial charge in [0.05, 0.1) is 5.56 Å². The van der Waals surface area contributed by atoms with Crippen molar-refractivity contribution >= 4 is 17.6 Å². The van der Waals surface area contributed by atoms with Crippen LogP contribution in [0.15, 0.2) is 18.3 Å². The molecule has 0 bridgehead atoms. The van der Waals surface area contributed by atoms with E-state index in [2.05, 4.69) is 22.2 Å². The zero-order valence-corrected chi connectivity index (χ0v) is 10.2. The van der Waals surface area contributed by atoms with Gasteiger partial charge in [-0.2, -0.15) is 17.0 Å². The van der Waals surface area contributed by atoms with Crippen molar-refractivity contribution in [2.75, 3.05) is 23.5 Å². The summed E-state index contributed by atoms with van der Waals surface area (Å²) < 4.78 is 0. The minimum absolute atomic E-state index is 0.539. The normalized spacial score (nSPS) is 19.8. The van der Waals surface area contributed by atoms with E-state index in [9.17, 15) is 0 Å². The molecule has 2 rings (SSSR count). The van der Waals surface area contributed by atoms with E-state index >= 15 is 0 Å². The van der Waals surface area contributed by atoms with Gasteiger partial charge in [0.1, 0.15) is 11.9 Å². The predicted octanol–water partition coefficient (Wildman–Crippen LogP) is 2.29. The van der Waals surface area contributed by atoms with Gasteiger partial charge >= 0.3 is 0 Å². The molecule has 1 aromatic heterocycles. The van der Waals surface area contributed by atoms with Crippen LogP contribution in [0.5, 0.6) is 0 Å². The fourth-order valence-corrected chi connectivity index (χ4v) is 2.92. The summed E-state index contributed by atoms with van der Waals surface area (Å²) in [5.41, 5.74) is 0.690.